The van der Waals surface area contributed by atoms with Crippen molar-refractivity contribution in [3.05, 3.63) is 54.3 Å². The van der Waals surface area contributed by atoms with Gasteiger partial charge in [0.15, 0.2) is 0 Å². The third-order valence-electron chi connectivity index (χ3n) is 1.76. The molecule has 1 radical (unpaired) electrons. The Hall–Kier alpha value is -1.08. The molecule has 0 aliphatic heterocycles. The van der Waals surface area contributed by atoms with Crippen LogP contribution < -0.4 is 0 Å². The van der Waals surface area contributed by atoms with E-state index in [1.54, 1.807) is 11.3 Å². The smallest absolute Gasteiger partial charge is 0.0342 e. The average molecular weight is 173 g/mol. The largest absolute Gasteiger partial charge is 0.144 e. The molecular weight excluding hydrogens is 164 g/mol. The molecule has 0 saturated heterocycles. The van der Waals surface area contributed by atoms with Crippen molar-refractivity contribution in [2.24, 2.45) is 0 Å². The zero-order valence-corrected chi connectivity index (χ0v) is 7.47. The first-order valence-corrected chi connectivity index (χ1v) is 4.70. The fourth-order valence-electron chi connectivity index (χ4n) is 1.11. The standard InChI is InChI=1S/C11H9S/c1-9-4-6-10(7-5-9)11-3-2-8-12-11/h2-8H,1H2. The zero-order chi connectivity index (χ0) is 8.39. The normalized spacial score (nSPS) is 10.1. The van der Waals surface area contributed by atoms with Crippen LogP contribution in [0.2, 0.25) is 0 Å². The highest BCUT2D eigenvalue weighted by Gasteiger charge is 1.95. The van der Waals surface area contributed by atoms with Crippen molar-refractivity contribution in [3.63, 3.8) is 0 Å². The third-order valence-corrected chi connectivity index (χ3v) is 2.68. The molecule has 0 aliphatic rings. The van der Waals surface area contributed by atoms with Crippen molar-refractivity contribution >= 4 is 11.3 Å². The van der Waals surface area contributed by atoms with Gasteiger partial charge in [-0.1, -0.05) is 30.3 Å². The lowest BCUT2D eigenvalue weighted by atomic mass is 10.1. The second kappa shape index (κ2) is 3.11. The summed E-state index contributed by atoms with van der Waals surface area (Å²) in [6, 6.07) is 12.5. The number of hydrogen-bond donors (Lipinski definition) is 0. The first kappa shape index (κ1) is 7.56. The second-order valence-electron chi connectivity index (χ2n) is 2.67. The maximum atomic E-state index is 3.85. The first-order chi connectivity index (χ1) is 5.86. The van der Waals surface area contributed by atoms with E-state index in [4.69, 9.17) is 0 Å². The van der Waals surface area contributed by atoms with E-state index >= 15 is 0 Å². The molecule has 59 valence electrons. The van der Waals surface area contributed by atoms with Gasteiger partial charge in [0.05, 0.1) is 0 Å². The van der Waals surface area contributed by atoms with Gasteiger partial charge in [-0.05, 0) is 29.5 Å². The van der Waals surface area contributed by atoms with Crippen molar-refractivity contribution in [1.82, 2.24) is 0 Å². The minimum Gasteiger partial charge on any atom is -0.144 e. The molecule has 2 aromatic rings. The van der Waals surface area contributed by atoms with Crippen LogP contribution >= 0.6 is 11.3 Å². The summed E-state index contributed by atoms with van der Waals surface area (Å²) >= 11 is 1.76. The number of hydrogen-bond acceptors (Lipinski definition) is 1. The predicted octanol–water partition coefficient (Wildman–Crippen LogP) is 3.60. The Kier molecular flexibility index (Phi) is 1.96. The highest BCUT2D eigenvalue weighted by molar-refractivity contribution is 7.13. The summed E-state index contributed by atoms with van der Waals surface area (Å²) < 4.78 is 0. The molecule has 0 nitrogen and oxygen atoms in total. The Morgan fingerprint density at radius 3 is 2.33 bits per heavy atom. The van der Waals surface area contributed by atoms with E-state index in [0.29, 0.717) is 0 Å². The predicted molar refractivity (Wildman–Crippen MR) is 54.2 cm³/mol. The van der Waals surface area contributed by atoms with Crippen molar-refractivity contribution in [2.75, 3.05) is 0 Å². The molecule has 0 amide bonds. The molecule has 0 atom stereocenters. The molecule has 1 aromatic carbocycles. The first-order valence-electron chi connectivity index (χ1n) is 3.82. The highest BCUT2D eigenvalue weighted by Crippen LogP contribution is 2.24. The second-order valence-corrected chi connectivity index (χ2v) is 3.62. The van der Waals surface area contributed by atoms with Gasteiger partial charge in [-0.3, -0.25) is 0 Å². The lowest BCUT2D eigenvalue weighted by Crippen LogP contribution is -1.72. The molecule has 1 aromatic heterocycles. The molecule has 12 heavy (non-hydrogen) atoms. The molecule has 0 saturated carbocycles. The Morgan fingerprint density at radius 2 is 1.75 bits per heavy atom. The summed E-state index contributed by atoms with van der Waals surface area (Å²) in [4.78, 5) is 1.31. The summed E-state index contributed by atoms with van der Waals surface area (Å²) in [6.45, 7) is 3.85. The van der Waals surface area contributed by atoms with E-state index < -0.39 is 0 Å². The summed E-state index contributed by atoms with van der Waals surface area (Å²) in [5, 5.41) is 2.09. The van der Waals surface area contributed by atoms with Crippen LogP contribution in [-0.2, 0) is 0 Å². The number of benzene rings is 1. The van der Waals surface area contributed by atoms with Gasteiger partial charge in [0.25, 0.3) is 0 Å². The van der Waals surface area contributed by atoms with Crippen molar-refractivity contribution < 1.29 is 0 Å². The van der Waals surface area contributed by atoms with Crippen LogP contribution in [0.1, 0.15) is 5.56 Å². The maximum absolute atomic E-state index is 3.85. The molecule has 0 aliphatic carbocycles. The summed E-state index contributed by atoms with van der Waals surface area (Å²) in [5.41, 5.74) is 2.34. The van der Waals surface area contributed by atoms with E-state index in [9.17, 15) is 0 Å². The van der Waals surface area contributed by atoms with Crippen molar-refractivity contribution in [1.29, 1.82) is 0 Å². The molecule has 1 heterocycles. The topological polar surface area (TPSA) is 0 Å². The monoisotopic (exact) mass is 173 g/mol. The molecule has 0 spiro atoms. The van der Waals surface area contributed by atoms with Gasteiger partial charge in [-0.15, -0.1) is 11.3 Å². The van der Waals surface area contributed by atoms with Gasteiger partial charge in [0.1, 0.15) is 0 Å². The van der Waals surface area contributed by atoms with Crippen LogP contribution in [0, 0.1) is 6.92 Å². The average Bonchev–Trinajstić information content (AvgIpc) is 2.58. The van der Waals surface area contributed by atoms with Crippen LogP contribution in [0.4, 0.5) is 0 Å². The fourth-order valence-corrected chi connectivity index (χ4v) is 1.84. The van der Waals surface area contributed by atoms with Crippen LogP contribution in [0.25, 0.3) is 10.4 Å². The highest BCUT2D eigenvalue weighted by atomic mass is 32.1. The van der Waals surface area contributed by atoms with Gasteiger partial charge in [-0.2, -0.15) is 0 Å². The summed E-state index contributed by atoms with van der Waals surface area (Å²) in [5.74, 6) is 0. The van der Waals surface area contributed by atoms with E-state index in [0.717, 1.165) is 5.56 Å². The van der Waals surface area contributed by atoms with E-state index in [1.165, 1.54) is 10.4 Å². The maximum Gasteiger partial charge on any atom is 0.0342 e. The Labute approximate surface area is 76.5 Å². The van der Waals surface area contributed by atoms with Crippen LogP contribution in [-0.4, -0.2) is 0 Å². The lowest BCUT2D eigenvalue weighted by Gasteiger charge is -1.96. The van der Waals surface area contributed by atoms with Gasteiger partial charge >= 0.3 is 0 Å². The Balaban J connectivity index is 2.43. The van der Waals surface area contributed by atoms with Crippen LogP contribution in [0.5, 0.6) is 0 Å². The van der Waals surface area contributed by atoms with Crippen molar-refractivity contribution in [3.8, 4) is 10.4 Å². The van der Waals surface area contributed by atoms with Gasteiger partial charge in [-0.25, -0.2) is 0 Å². The summed E-state index contributed by atoms with van der Waals surface area (Å²) in [6.07, 6.45) is 0. The summed E-state index contributed by atoms with van der Waals surface area (Å²) in [7, 11) is 0. The Morgan fingerprint density at radius 1 is 1.00 bits per heavy atom. The van der Waals surface area contributed by atoms with E-state index in [1.807, 2.05) is 12.1 Å². The molecule has 2 rings (SSSR count). The number of rotatable bonds is 1. The quantitative estimate of drug-likeness (QED) is 0.618. The molecule has 0 bridgehead atoms. The number of thiophene rings is 1. The minimum absolute atomic E-state index is 1.07. The molecule has 1 heteroatoms. The lowest BCUT2D eigenvalue weighted by molar-refractivity contribution is 1.61. The molecular formula is C11H9S. The van der Waals surface area contributed by atoms with Gasteiger partial charge in [0, 0.05) is 4.88 Å². The minimum atomic E-state index is 1.07. The fraction of sp³-hybridized carbons (Fsp3) is 0. The molecule has 0 fully saturated rings. The van der Waals surface area contributed by atoms with E-state index in [-0.39, 0.29) is 0 Å². The van der Waals surface area contributed by atoms with Gasteiger partial charge in [0.2, 0.25) is 0 Å². The molecule has 0 unspecified atom stereocenters. The van der Waals surface area contributed by atoms with Crippen LogP contribution in [0.15, 0.2) is 41.8 Å². The SMILES string of the molecule is [CH2]c1ccc(-c2cccs2)cc1. The van der Waals surface area contributed by atoms with Gasteiger partial charge < -0.3 is 0 Å². The van der Waals surface area contributed by atoms with Crippen molar-refractivity contribution in [2.45, 2.75) is 0 Å². The zero-order valence-electron chi connectivity index (χ0n) is 6.66. The van der Waals surface area contributed by atoms with E-state index in [2.05, 4.69) is 36.6 Å². The molecule has 0 N–H and O–H groups in total. The Bertz CT molecular complexity index is 343. The van der Waals surface area contributed by atoms with Crippen LogP contribution in [0.3, 0.4) is 0 Å². The third kappa shape index (κ3) is 1.41.